The monoisotopic (exact) mass is 334 g/mol. The third-order valence-corrected chi connectivity index (χ3v) is 3.63. The van der Waals surface area contributed by atoms with E-state index in [4.69, 9.17) is 8.94 Å². The zero-order valence-corrected chi connectivity index (χ0v) is 13.2. The van der Waals surface area contributed by atoms with Crippen molar-refractivity contribution in [2.24, 2.45) is 0 Å². The Balaban J connectivity index is 1.42. The van der Waals surface area contributed by atoms with E-state index in [2.05, 4.69) is 20.3 Å². The molecule has 0 saturated carbocycles. The van der Waals surface area contributed by atoms with Crippen LogP contribution in [0.25, 0.3) is 22.8 Å². The zero-order valence-electron chi connectivity index (χ0n) is 13.2. The Morgan fingerprint density at radius 1 is 0.800 bits per heavy atom. The van der Waals surface area contributed by atoms with Crippen LogP contribution in [-0.4, -0.2) is 25.4 Å². The molecule has 0 aliphatic heterocycles. The van der Waals surface area contributed by atoms with Crippen molar-refractivity contribution in [2.75, 3.05) is 0 Å². The molecule has 7 heteroatoms. The van der Waals surface area contributed by atoms with Crippen LogP contribution < -0.4 is 0 Å². The molecule has 0 atom stereocenters. The highest BCUT2D eigenvalue weighted by atomic mass is 16.5. The van der Waals surface area contributed by atoms with Crippen LogP contribution in [0.5, 0.6) is 5.75 Å². The first-order valence-corrected chi connectivity index (χ1v) is 7.78. The number of nitrogens with zero attached hydrogens (tertiary/aromatic N) is 4. The molecule has 0 unspecified atom stereocenters. The molecule has 124 valence electrons. The van der Waals surface area contributed by atoms with E-state index in [1.165, 1.54) is 0 Å². The highest BCUT2D eigenvalue weighted by molar-refractivity contribution is 5.55. The number of hydrogen-bond donors (Lipinski definition) is 1. The Kier molecular flexibility index (Phi) is 3.96. The van der Waals surface area contributed by atoms with E-state index in [-0.39, 0.29) is 5.75 Å². The minimum Gasteiger partial charge on any atom is -0.508 e. The largest absolute Gasteiger partial charge is 0.508 e. The minimum absolute atomic E-state index is 0.193. The topological polar surface area (TPSA) is 98.1 Å². The summed E-state index contributed by atoms with van der Waals surface area (Å²) >= 11 is 0. The predicted octanol–water partition coefficient (Wildman–Crippen LogP) is 3.28. The van der Waals surface area contributed by atoms with Crippen molar-refractivity contribution in [1.29, 1.82) is 0 Å². The van der Waals surface area contributed by atoms with Gasteiger partial charge in [0.2, 0.25) is 23.5 Å². The van der Waals surface area contributed by atoms with Gasteiger partial charge in [-0.3, -0.25) is 0 Å². The Hall–Kier alpha value is -3.48. The molecule has 1 N–H and O–H groups in total. The Labute approximate surface area is 143 Å². The molecule has 4 aromatic rings. The van der Waals surface area contributed by atoms with E-state index in [0.717, 1.165) is 11.1 Å². The molecule has 0 fully saturated rings. The number of aromatic nitrogens is 4. The molecule has 0 spiro atoms. The third-order valence-electron chi connectivity index (χ3n) is 3.63. The van der Waals surface area contributed by atoms with Gasteiger partial charge in [0.05, 0.1) is 0 Å². The van der Waals surface area contributed by atoms with Crippen LogP contribution >= 0.6 is 0 Å². The van der Waals surface area contributed by atoms with Crippen LogP contribution in [0.4, 0.5) is 0 Å². The molecule has 0 radical (unpaired) electrons. The molecule has 7 nitrogen and oxygen atoms in total. The molecule has 2 aromatic heterocycles. The zero-order chi connectivity index (χ0) is 17.1. The maximum atomic E-state index is 9.32. The molecular weight excluding hydrogens is 320 g/mol. The first-order valence-electron chi connectivity index (χ1n) is 7.78. The highest BCUT2D eigenvalue weighted by Gasteiger charge is 2.12. The standard InChI is InChI=1S/C18H14N4O3/c23-14-8-6-12(7-9-14)17-19-15(25-22-17)10-11-16-20-21-18(24-16)13-4-2-1-3-5-13/h1-9,23H,10-11H2. The first kappa shape index (κ1) is 15.1. The third kappa shape index (κ3) is 3.40. The van der Waals surface area contributed by atoms with E-state index in [1.54, 1.807) is 24.3 Å². The van der Waals surface area contributed by atoms with E-state index in [0.29, 0.717) is 36.3 Å². The van der Waals surface area contributed by atoms with Crippen LogP contribution in [0.15, 0.2) is 63.5 Å². The Bertz CT molecular complexity index is 961. The molecular formula is C18H14N4O3. The molecule has 25 heavy (non-hydrogen) atoms. The summed E-state index contributed by atoms with van der Waals surface area (Å²) in [6, 6.07) is 16.2. The summed E-state index contributed by atoms with van der Waals surface area (Å²) in [5.74, 6) is 2.17. The van der Waals surface area contributed by atoms with Gasteiger partial charge in [0.25, 0.3) is 0 Å². The fourth-order valence-corrected chi connectivity index (χ4v) is 2.35. The number of rotatable bonds is 5. The lowest BCUT2D eigenvalue weighted by Crippen LogP contribution is -1.92. The van der Waals surface area contributed by atoms with Gasteiger partial charge in [0, 0.05) is 24.0 Å². The van der Waals surface area contributed by atoms with Gasteiger partial charge in [-0.1, -0.05) is 23.4 Å². The molecule has 2 aromatic carbocycles. The fourth-order valence-electron chi connectivity index (χ4n) is 2.35. The van der Waals surface area contributed by atoms with Crippen molar-refractivity contribution in [3.63, 3.8) is 0 Å². The van der Waals surface area contributed by atoms with E-state index in [9.17, 15) is 5.11 Å². The number of phenols is 1. The van der Waals surface area contributed by atoms with Crippen LogP contribution in [0, 0.1) is 0 Å². The van der Waals surface area contributed by atoms with Crippen molar-refractivity contribution in [3.8, 4) is 28.6 Å². The van der Waals surface area contributed by atoms with Crippen molar-refractivity contribution >= 4 is 0 Å². The number of aromatic hydroxyl groups is 1. The second-order valence-electron chi connectivity index (χ2n) is 5.43. The van der Waals surface area contributed by atoms with Crippen LogP contribution in [0.2, 0.25) is 0 Å². The summed E-state index contributed by atoms with van der Waals surface area (Å²) in [4.78, 5) is 4.34. The van der Waals surface area contributed by atoms with Gasteiger partial charge in [-0.05, 0) is 36.4 Å². The smallest absolute Gasteiger partial charge is 0.247 e. The predicted molar refractivity (Wildman–Crippen MR) is 88.5 cm³/mol. The maximum Gasteiger partial charge on any atom is 0.247 e. The summed E-state index contributed by atoms with van der Waals surface area (Å²) in [6.07, 6.45) is 1.01. The van der Waals surface area contributed by atoms with Crippen LogP contribution in [0.1, 0.15) is 11.8 Å². The molecule has 0 aliphatic rings. The summed E-state index contributed by atoms with van der Waals surface area (Å²) < 4.78 is 10.9. The van der Waals surface area contributed by atoms with Crippen molar-refractivity contribution < 1.29 is 14.0 Å². The minimum atomic E-state index is 0.193. The number of aryl methyl sites for hydroxylation is 2. The number of benzene rings is 2. The first-order chi connectivity index (χ1) is 12.3. The lowest BCUT2D eigenvalue weighted by Gasteiger charge is -1.94. The molecule has 0 bridgehead atoms. The second-order valence-corrected chi connectivity index (χ2v) is 5.43. The van der Waals surface area contributed by atoms with Crippen LogP contribution in [0.3, 0.4) is 0 Å². The molecule has 0 aliphatic carbocycles. The Morgan fingerprint density at radius 3 is 2.36 bits per heavy atom. The van der Waals surface area contributed by atoms with Gasteiger partial charge < -0.3 is 14.0 Å². The van der Waals surface area contributed by atoms with Crippen LogP contribution in [-0.2, 0) is 12.8 Å². The quantitative estimate of drug-likeness (QED) is 0.598. The highest BCUT2D eigenvalue weighted by Crippen LogP contribution is 2.20. The van der Waals surface area contributed by atoms with Gasteiger partial charge in [-0.15, -0.1) is 10.2 Å². The van der Waals surface area contributed by atoms with E-state index in [1.807, 2.05) is 30.3 Å². The summed E-state index contributed by atoms with van der Waals surface area (Å²) in [5, 5.41) is 21.4. The summed E-state index contributed by atoms with van der Waals surface area (Å²) in [5.41, 5.74) is 1.66. The SMILES string of the molecule is Oc1ccc(-c2noc(CCc3nnc(-c4ccccc4)o3)n2)cc1. The molecule has 4 rings (SSSR count). The normalized spacial score (nSPS) is 10.9. The molecule has 0 amide bonds. The maximum absolute atomic E-state index is 9.32. The van der Waals surface area contributed by atoms with Gasteiger partial charge in [0.1, 0.15) is 5.75 Å². The number of hydrogen-bond acceptors (Lipinski definition) is 7. The summed E-state index contributed by atoms with van der Waals surface area (Å²) in [6.45, 7) is 0. The van der Waals surface area contributed by atoms with Gasteiger partial charge in [-0.2, -0.15) is 4.98 Å². The van der Waals surface area contributed by atoms with E-state index >= 15 is 0 Å². The van der Waals surface area contributed by atoms with Crippen molar-refractivity contribution in [2.45, 2.75) is 12.8 Å². The summed E-state index contributed by atoms with van der Waals surface area (Å²) in [7, 11) is 0. The van der Waals surface area contributed by atoms with E-state index < -0.39 is 0 Å². The fraction of sp³-hybridized carbons (Fsp3) is 0.111. The average Bonchev–Trinajstić information content (AvgIpc) is 3.31. The lowest BCUT2D eigenvalue weighted by atomic mass is 10.2. The molecule has 2 heterocycles. The van der Waals surface area contributed by atoms with Gasteiger partial charge in [-0.25, -0.2) is 0 Å². The lowest BCUT2D eigenvalue weighted by molar-refractivity contribution is 0.373. The van der Waals surface area contributed by atoms with Gasteiger partial charge >= 0.3 is 0 Å². The van der Waals surface area contributed by atoms with Crippen molar-refractivity contribution in [1.82, 2.24) is 20.3 Å². The number of phenolic OH excluding ortho intramolecular Hbond substituents is 1. The molecule has 0 saturated heterocycles. The average molecular weight is 334 g/mol. The van der Waals surface area contributed by atoms with Gasteiger partial charge in [0.15, 0.2) is 0 Å². The Morgan fingerprint density at radius 2 is 1.56 bits per heavy atom. The van der Waals surface area contributed by atoms with Crippen molar-refractivity contribution in [3.05, 3.63) is 66.4 Å². The second kappa shape index (κ2) is 6.56.